The molecule has 5 nitrogen and oxygen atoms in total. The molecular formula is C19H35IN4O. The fourth-order valence-corrected chi connectivity index (χ4v) is 5.53. The molecule has 0 aromatic carbocycles. The topological polar surface area (TPSA) is 48.9 Å². The minimum atomic E-state index is 0. The molecule has 2 saturated carbocycles. The molecule has 25 heavy (non-hydrogen) atoms. The molecule has 2 N–H and O–H groups in total. The van der Waals surface area contributed by atoms with Gasteiger partial charge in [0.2, 0.25) is 0 Å². The summed E-state index contributed by atoms with van der Waals surface area (Å²) in [6, 6.07) is 1.79. The van der Waals surface area contributed by atoms with Gasteiger partial charge in [0.15, 0.2) is 5.96 Å². The first kappa shape index (κ1) is 19.7. The Morgan fingerprint density at radius 2 is 1.88 bits per heavy atom. The second-order valence-corrected chi connectivity index (χ2v) is 8.57. The zero-order valence-electron chi connectivity index (χ0n) is 16.0. The van der Waals surface area contributed by atoms with E-state index in [9.17, 15) is 0 Å². The lowest BCUT2D eigenvalue weighted by atomic mass is 9.46. The maximum Gasteiger partial charge on any atom is 0.191 e. The van der Waals surface area contributed by atoms with Gasteiger partial charge in [0.1, 0.15) is 0 Å². The van der Waals surface area contributed by atoms with Crippen LogP contribution in [-0.2, 0) is 4.74 Å². The molecule has 144 valence electrons. The van der Waals surface area contributed by atoms with Crippen molar-refractivity contribution in [3.63, 3.8) is 0 Å². The van der Waals surface area contributed by atoms with Crippen molar-refractivity contribution in [1.29, 1.82) is 0 Å². The highest BCUT2D eigenvalue weighted by atomic mass is 127. The SMILES string of the molecule is CN=C(NC1CCN(C(C)C)CC1)NC1C2CCOC2C12CCC2.I. The molecule has 1 spiro atoms. The molecule has 0 bridgehead atoms. The van der Waals surface area contributed by atoms with Crippen LogP contribution < -0.4 is 10.6 Å². The standard InChI is InChI=1S/C19H34N4O.HI/c1-13(2)23-10-5-14(6-11-23)21-18(20-3)22-16-15-7-12-24-17(15)19(16)8-4-9-19;/h13-17H,4-12H2,1-3H3,(H2,20,21,22);1H. The van der Waals surface area contributed by atoms with E-state index in [1.165, 1.54) is 51.6 Å². The zero-order chi connectivity index (χ0) is 16.7. The molecule has 0 aromatic heterocycles. The number of rotatable bonds is 3. The molecule has 2 aliphatic heterocycles. The Hall–Kier alpha value is -0.0800. The van der Waals surface area contributed by atoms with Crippen LogP contribution in [0.3, 0.4) is 0 Å². The molecule has 2 saturated heterocycles. The lowest BCUT2D eigenvalue weighted by Gasteiger charge is -2.63. The number of ether oxygens (including phenoxy) is 1. The summed E-state index contributed by atoms with van der Waals surface area (Å²) in [5.74, 6) is 1.71. The molecule has 3 atom stereocenters. The molecule has 4 fully saturated rings. The zero-order valence-corrected chi connectivity index (χ0v) is 18.3. The minimum Gasteiger partial charge on any atom is -0.377 e. The van der Waals surface area contributed by atoms with Crippen LogP contribution in [0.2, 0.25) is 0 Å². The van der Waals surface area contributed by atoms with Crippen LogP contribution >= 0.6 is 24.0 Å². The van der Waals surface area contributed by atoms with Gasteiger partial charge in [-0.1, -0.05) is 6.42 Å². The molecule has 6 heteroatoms. The van der Waals surface area contributed by atoms with Crippen molar-refractivity contribution in [3.8, 4) is 0 Å². The highest BCUT2D eigenvalue weighted by molar-refractivity contribution is 14.0. The average molecular weight is 462 g/mol. The summed E-state index contributed by atoms with van der Waals surface area (Å²) in [7, 11) is 1.91. The highest BCUT2D eigenvalue weighted by Gasteiger charge is 2.66. The first-order valence-corrected chi connectivity index (χ1v) is 9.99. The number of aliphatic imine (C=N–C) groups is 1. The Balaban J connectivity index is 0.00000182. The summed E-state index contributed by atoms with van der Waals surface area (Å²) in [6.45, 7) is 7.93. The average Bonchev–Trinajstić information content (AvgIpc) is 2.95. The third kappa shape index (κ3) is 3.43. The summed E-state index contributed by atoms with van der Waals surface area (Å²) in [5.41, 5.74) is 0.416. The maximum atomic E-state index is 6.03. The molecule has 0 amide bonds. The monoisotopic (exact) mass is 462 g/mol. The third-order valence-corrected chi connectivity index (χ3v) is 7.15. The minimum absolute atomic E-state index is 0. The molecule has 0 radical (unpaired) electrons. The van der Waals surface area contributed by atoms with Crippen molar-refractivity contribution in [2.24, 2.45) is 16.3 Å². The van der Waals surface area contributed by atoms with Gasteiger partial charge in [-0.05, 0) is 46.0 Å². The summed E-state index contributed by atoms with van der Waals surface area (Å²) in [5, 5.41) is 7.50. The van der Waals surface area contributed by atoms with E-state index in [4.69, 9.17) is 4.74 Å². The number of nitrogens with one attached hydrogen (secondary N) is 2. The first-order chi connectivity index (χ1) is 11.6. The van der Waals surface area contributed by atoms with Crippen molar-refractivity contribution >= 4 is 29.9 Å². The smallest absolute Gasteiger partial charge is 0.191 e. The summed E-state index contributed by atoms with van der Waals surface area (Å²) >= 11 is 0. The summed E-state index contributed by atoms with van der Waals surface area (Å²) < 4.78 is 6.03. The fraction of sp³-hybridized carbons (Fsp3) is 0.947. The number of halogens is 1. The quantitative estimate of drug-likeness (QED) is 0.385. The van der Waals surface area contributed by atoms with Crippen molar-refractivity contribution in [3.05, 3.63) is 0 Å². The first-order valence-electron chi connectivity index (χ1n) is 9.99. The van der Waals surface area contributed by atoms with Crippen molar-refractivity contribution < 1.29 is 4.74 Å². The highest BCUT2D eigenvalue weighted by Crippen LogP contribution is 2.62. The van der Waals surface area contributed by atoms with Crippen molar-refractivity contribution in [1.82, 2.24) is 15.5 Å². The van der Waals surface area contributed by atoms with E-state index in [0.29, 0.717) is 35.6 Å². The number of piperidine rings is 1. The number of hydrogen-bond donors (Lipinski definition) is 2. The van der Waals surface area contributed by atoms with E-state index < -0.39 is 0 Å². The largest absolute Gasteiger partial charge is 0.377 e. The number of nitrogens with zero attached hydrogens (tertiary/aromatic N) is 2. The molecule has 3 unspecified atom stereocenters. The van der Waals surface area contributed by atoms with E-state index >= 15 is 0 Å². The van der Waals surface area contributed by atoms with Crippen LogP contribution in [0.5, 0.6) is 0 Å². The van der Waals surface area contributed by atoms with Gasteiger partial charge in [-0.3, -0.25) is 4.99 Å². The normalized spacial score (nSPS) is 34.9. The van der Waals surface area contributed by atoms with Gasteiger partial charge in [-0.25, -0.2) is 0 Å². The van der Waals surface area contributed by atoms with Crippen LogP contribution in [0.15, 0.2) is 4.99 Å². The summed E-state index contributed by atoms with van der Waals surface area (Å²) in [4.78, 5) is 7.11. The number of fused-ring (bicyclic) bond motifs is 2. The van der Waals surface area contributed by atoms with Crippen molar-refractivity contribution in [2.75, 3.05) is 26.7 Å². The Bertz CT molecular complexity index is 486. The third-order valence-electron chi connectivity index (χ3n) is 7.15. The number of hydrogen-bond acceptors (Lipinski definition) is 3. The molecule has 4 aliphatic rings. The number of guanidine groups is 1. The van der Waals surface area contributed by atoms with Crippen LogP contribution in [0.25, 0.3) is 0 Å². The number of likely N-dealkylation sites (tertiary alicyclic amines) is 1. The van der Waals surface area contributed by atoms with Crippen LogP contribution in [0.1, 0.15) is 52.4 Å². The second kappa shape index (κ2) is 7.89. The predicted molar refractivity (Wildman–Crippen MR) is 113 cm³/mol. The van der Waals surface area contributed by atoms with Crippen LogP contribution in [0, 0.1) is 11.3 Å². The van der Waals surface area contributed by atoms with Gasteiger partial charge in [-0.2, -0.15) is 0 Å². The van der Waals surface area contributed by atoms with Gasteiger partial charge < -0.3 is 20.3 Å². The van der Waals surface area contributed by atoms with E-state index in [1.54, 1.807) is 0 Å². The van der Waals surface area contributed by atoms with Gasteiger partial charge in [0.25, 0.3) is 0 Å². The van der Waals surface area contributed by atoms with Gasteiger partial charge >= 0.3 is 0 Å². The predicted octanol–water partition coefficient (Wildman–Crippen LogP) is 2.60. The molecular weight excluding hydrogens is 427 g/mol. The van der Waals surface area contributed by atoms with E-state index in [2.05, 4.69) is 34.4 Å². The molecule has 4 rings (SSSR count). The molecule has 2 heterocycles. The van der Waals surface area contributed by atoms with Crippen molar-refractivity contribution in [2.45, 2.75) is 76.6 Å². The molecule has 2 aliphatic carbocycles. The molecule has 0 aromatic rings. The van der Waals surface area contributed by atoms with Crippen LogP contribution in [-0.4, -0.2) is 61.8 Å². The Kier molecular flexibility index (Phi) is 6.21. The van der Waals surface area contributed by atoms with E-state index in [1.807, 2.05) is 7.05 Å². The lowest BCUT2D eigenvalue weighted by molar-refractivity contribution is -0.171. The van der Waals surface area contributed by atoms with Gasteiger partial charge in [-0.15, -0.1) is 24.0 Å². The van der Waals surface area contributed by atoms with Gasteiger partial charge in [0.05, 0.1) is 6.10 Å². The Labute approximate surface area is 169 Å². The Morgan fingerprint density at radius 3 is 2.44 bits per heavy atom. The second-order valence-electron chi connectivity index (χ2n) is 8.57. The summed E-state index contributed by atoms with van der Waals surface area (Å²) in [6.07, 6.45) is 8.19. The van der Waals surface area contributed by atoms with E-state index in [-0.39, 0.29) is 24.0 Å². The van der Waals surface area contributed by atoms with Crippen LogP contribution in [0.4, 0.5) is 0 Å². The Morgan fingerprint density at radius 1 is 1.16 bits per heavy atom. The fourth-order valence-electron chi connectivity index (χ4n) is 5.53. The van der Waals surface area contributed by atoms with Gasteiger partial charge in [0, 0.05) is 56.2 Å². The maximum absolute atomic E-state index is 6.03. The lowest BCUT2D eigenvalue weighted by Crippen LogP contribution is -2.72. The van der Waals surface area contributed by atoms with E-state index in [0.717, 1.165) is 12.6 Å².